The van der Waals surface area contributed by atoms with Gasteiger partial charge < -0.3 is 4.90 Å². The first kappa shape index (κ1) is 9.50. The first-order valence-electron chi connectivity index (χ1n) is 5.17. The summed E-state index contributed by atoms with van der Waals surface area (Å²) in [6, 6.07) is 6.76. The van der Waals surface area contributed by atoms with Gasteiger partial charge in [0.1, 0.15) is 5.82 Å². The van der Waals surface area contributed by atoms with Crippen molar-refractivity contribution in [3.05, 3.63) is 30.1 Å². The molecule has 0 unspecified atom stereocenters. The summed E-state index contributed by atoms with van der Waals surface area (Å²) >= 11 is 0. The lowest BCUT2D eigenvalue weighted by Gasteiger charge is -2.43. The highest BCUT2D eigenvalue weighted by Crippen LogP contribution is 2.28. The van der Waals surface area contributed by atoms with E-state index in [1.165, 1.54) is 12.1 Å². The van der Waals surface area contributed by atoms with Crippen LogP contribution in [0, 0.1) is 17.7 Å². The molecule has 2 heteroatoms. The van der Waals surface area contributed by atoms with Crippen LogP contribution in [0.1, 0.15) is 13.8 Å². The summed E-state index contributed by atoms with van der Waals surface area (Å²) < 4.78 is 12.7. The maximum Gasteiger partial charge on any atom is 0.123 e. The van der Waals surface area contributed by atoms with Crippen molar-refractivity contribution < 1.29 is 4.39 Å². The summed E-state index contributed by atoms with van der Waals surface area (Å²) in [7, 11) is 0. The van der Waals surface area contributed by atoms with Crippen LogP contribution in [0.2, 0.25) is 0 Å². The molecule has 1 heterocycles. The lowest BCUT2D eigenvalue weighted by Crippen LogP contribution is -2.49. The Labute approximate surface area is 84.5 Å². The Bertz CT molecular complexity index is 299. The number of benzene rings is 1. The van der Waals surface area contributed by atoms with E-state index in [-0.39, 0.29) is 5.82 Å². The fourth-order valence-electron chi connectivity index (χ4n) is 1.80. The highest BCUT2D eigenvalue weighted by Gasteiger charge is 2.28. The molecule has 0 aromatic heterocycles. The van der Waals surface area contributed by atoms with E-state index in [9.17, 15) is 4.39 Å². The molecule has 0 atom stereocenters. The zero-order chi connectivity index (χ0) is 10.1. The van der Waals surface area contributed by atoms with Crippen molar-refractivity contribution in [2.45, 2.75) is 13.8 Å². The van der Waals surface area contributed by atoms with Crippen LogP contribution in [0.4, 0.5) is 10.1 Å². The summed E-state index contributed by atoms with van der Waals surface area (Å²) in [5.41, 5.74) is 1.14. The van der Waals surface area contributed by atoms with E-state index in [4.69, 9.17) is 0 Å². The summed E-state index contributed by atoms with van der Waals surface area (Å²) in [6.07, 6.45) is 0. The third kappa shape index (κ3) is 1.74. The fraction of sp³-hybridized carbons (Fsp3) is 0.500. The summed E-state index contributed by atoms with van der Waals surface area (Å²) in [5.74, 6) is 1.40. The second kappa shape index (κ2) is 3.60. The molecule has 0 aliphatic carbocycles. The Hall–Kier alpha value is -1.05. The van der Waals surface area contributed by atoms with Crippen LogP contribution >= 0.6 is 0 Å². The summed E-state index contributed by atoms with van der Waals surface area (Å²) in [5, 5.41) is 0. The van der Waals surface area contributed by atoms with Gasteiger partial charge in [0, 0.05) is 18.8 Å². The topological polar surface area (TPSA) is 3.24 Å². The van der Waals surface area contributed by atoms with Crippen LogP contribution < -0.4 is 4.90 Å². The molecule has 1 fully saturated rings. The zero-order valence-electron chi connectivity index (χ0n) is 8.70. The first-order chi connectivity index (χ1) is 6.66. The van der Waals surface area contributed by atoms with Gasteiger partial charge in [0.05, 0.1) is 0 Å². The van der Waals surface area contributed by atoms with Gasteiger partial charge in [-0.25, -0.2) is 4.39 Å². The molecule has 76 valence electrons. The molecule has 0 radical (unpaired) electrons. The number of hydrogen-bond acceptors (Lipinski definition) is 1. The normalized spacial score (nSPS) is 17.3. The number of rotatable bonds is 2. The summed E-state index contributed by atoms with van der Waals surface area (Å²) in [6.45, 7) is 6.74. The van der Waals surface area contributed by atoms with Crippen molar-refractivity contribution in [2.75, 3.05) is 18.0 Å². The van der Waals surface area contributed by atoms with Gasteiger partial charge in [0.25, 0.3) is 0 Å². The van der Waals surface area contributed by atoms with Gasteiger partial charge in [-0.3, -0.25) is 0 Å². The van der Waals surface area contributed by atoms with Crippen LogP contribution in [0.25, 0.3) is 0 Å². The van der Waals surface area contributed by atoms with Crippen LogP contribution in [-0.2, 0) is 0 Å². The van der Waals surface area contributed by atoms with E-state index < -0.39 is 0 Å². The molecular weight excluding hydrogens is 177 g/mol. The Balaban J connectivity index is 1.96. The molecule has 1 aliphatic rings. The molecule has 0 spiro atoms. The third-order valence-electron chi connectivity index (χ3n) is 3.04. The van der Waals surface area contributed by atoms with Gasteiger partial charge >= 0.3 is 0 Å². The van der Waals surface area contributed by atoms with Gasteiger partial charge in [0.15, 0.2) is 0 Å². The molecule has 1 nitrogen and oxygen atoms in total. The van der Waals surface area contributed by atoms with Crippen molar-refractivity contribution in [3.8, 4) is 0 Å². The highest BCUT2D eigenvalue weighted by molar-refractivity contribution is 5.48. The first-order valence-corrected chi connectivity index (χ1v) is 5.17. The molecule has 14 heavy (non-hydrogen) atoms. The standard InChI is InChI=1S/C12H16FN/c1-9(2)10-7-14(8-10)12-5-3-11(13)4-6-12/h3-6,9-10H,7-8H2,1-2H3. The fourth-order valence-corrected chi connectivity index (χ4v) is 1.80. The Morgan fingerprint density at radius 1 is 1.21 bits per heavy atom. The van der Waals surface area contributed by atoms with Crippen LogP contribution in [0.5, 0.6) is 0 Å². The molecule has 1 saturated heterocycles. The molecule has 1 aromatic carbocycles. The zero-order valence-corrected chi connectivity index (χ0v) is 8.70. The largest absolute Gasteiger partial charge is 0.371 e. The lowest BCUT2D eigenvalue weighted by molar-refractivity contribution is 0.310. The Morgan fingerprint density at radius 3 is 2.29 bits per heavy atom. The lowest BCUT2D eigenvalue weighted by atomic mass is 9.88. The number of hydrogen-bond donors (Lipinski definition) is 0. The third-order valence-corrected chi connectivity index (χ3v) is 3.04. The average molecular weight is 193 g/mol. The Morgan fingerprint density at radius 2 is 1.79 bits per heavy atom. The van der Waals surface area contributed by atoms with E-state index in [1.54, 1.807) is 0 Å². The van der Waals surface area contributed by atoms with Gasteiger partial charge in [0.2, 0.25) is 0 Å². The molecule has 1 aromatic rings. The maximum absolute atomic E-state index is 12.7. The number of nitrogens with zero attached hydrogens (tertiary/aromatic N) is 1. The predicted molar refractivity (Wildman–Crippen MR) is 56.9 cm³/mol. The average Bonchev–Trinajstić information content (AvgIpc) is 2.05. The van der Waals surface area contributed by atoms with Crippen LogP contribution in [0.15, 0.2) is 24.3 Å². The van der Waals surface area contributed by atoms with E-state index in [0.717, 1.165) is 30.6 Å². The van der Waals surface area contributed by atoms with E-state index in [1.807, 2.05) is 12.1 Å². The monoisotopic (exact) mass is 193 g/mol. The SMILES string of the molecule is CC(C)C1CN(c2ccc(F)cc2)C1. The Kier molecular flexibility index (Phi) is 2.44. The second-order valence-corrected chi connectivity index (χ2v) is 4.39. The minimum Gasteiger partial charge on any atom is -0.371 e. The molecule has 0 bridgehead atoms. The smallest absolute Gasteiger partial charge is 0.123 e. The highest BCUT2D eigenvalue weighted by atomic mass is 19.1. The minimum atomic E-state index is -0.158. The van der Waals surface area contributed by atoms with Crippen molar-refractivity contribution in [1.82, 2.24) is 0 Å². The quantitative estimate of drug-likeness (QED) is 0.698. The molecule has 1 aliphatic heterocycles. The van der Waals surface area contributed by atoms with Crippen molar-refractivity contribution >= 4 is 5.69 Å². The molecule has 0 saturated carbocycles. The maximum atomic E-state index is 12.7. The molecular formula is C12H16FN. The van der Waals surface area contributed by atoms with E-state index >= 15 is 0 Å². The second-order valence-electron chi connectivity index (χ2n) is 4.39. The van der Waals surface area contributed by atoms with Crippen LogP contribution in [0.3, 0.4) is 0 Å². The summed E-state index contributed by atoms with van der Waals surface area (Å²) in [4.78, 5) is 2.30. The van der Waals surface area contributed by atoms with Gasteiger partial charge in [-0.2, -0.15) is 0 Å². The number of anilines is 1. The predicted octanol–water partition coefficient (Wildman–Crippen LogP) is 2.92. The molecule has 2 rings (SSSR count). The van der Waals surface area contributed by atoms with E-state index in [2.05, 4.69) is 18.7 Å². The van der Waals surface area contributed by atoms with Crippen molar-refractivity contribution in [1.29, 1.82) is 0 Å². The molecule has 0 N–H and O–H groups in total. The van der Waals surface area contributed by atoms with Gasteiger partial charge in [-0.15, -0.1) is 0 Å². The number of halogens is 1. The van der Waals surface area contributed by atoms with Crippen LogP contribution in [-0.4, -0.2) is 13.1 Å². The van der Waals surface area contributed by atoms with Gasteiger partial charge in [-0.05, 0) is 36.1 Å². The van der Waals surface area contributed by atoms with Crippen molar-refractivity contribution in [2.24, 2.45) is 11.8 Å². The van der Waals surface area contributed by atoms with E-state index in [0.29, 0.717) is 0 Å². The minimum absolute atomic E-state index is 0.158. The van der Waals surface area contributed by atoms with Gasteiger partial charge in [-0.1, -0.05) is 13.8 Å². The molecule has 0 amide bonds. The van der Waals surface area contributed by atoms with Crippen molar-refractivity contribution in [3.63, 3.8) is 0 Å².